The standard InChI is InChI=1S/C15H17F3N2O/c1-21-13-4-2-12(3-5-13)20-14(10-19)8-6-11(7-9-14)15(16,17)18/h2-5,11,20H,6-9H2,1H3. The number of ether oxygens (including phenoxy) is 1. The van der Waals surface area contributed by atoms with Crippen molar-refractivity contribution in [2.75, 3.05) is 12.4 Å². The highest BCUT2D eigenvalue weighted by atomic mass is 19.4. The van der Waals surface area contributed by atoms with Crippen LogP contribution in [0.3, 0.4) is 0 Å². The Morgan fingerprint density at radius 3 is 2.24 bits per heavy atom. The monoisotopic (exact) mass is 298 g/mol. The van der Waals surface area contributed by atoms with E-state index in [1.165, 1.54) is 0 Å². The van der Waals surface area contributed by atoms with E-state index in [4.69, 9.17) is 4.74 Å². The minimum Gasteiger partial charge on any atom is -0.497 e. The van der Waals surface area contributed by atoms with Gasteiger partial charge in [-0.05, 0) is 49.9 Å². The summed E-state index contributed by atoms with van der Waals surface area (Å²) in [5.41, 5.74) is -0.209. The van der Waals surface area contributed by atoms with Gasteiger partial charge >= 0.3 is 6.18 Å². The average Bonchev–Trinajstić information content (AvgIpc) is 2.47. The van der Waals surface area contributed by atoms with E-state index in [9.17, 15) is 18.4 Å². The third-order valence-corrected chi connectivity index (χ3v) is 3.99. The quantitative estimate of drug-likeness (QED) is 0.913. The van der Waals surface area contributed by atoms with Gasteiger partial charge < -0.3 is 10.1 Å². The molecule has 1 fully saturated rings. The zero-order valence-electron chi connectivity index (χ0n) is 11.7. The molecular weight excluding hydrogens is 281 g/mol. The zero-order valence-corrected chi connectivity index (χ0v) is 11.7. The minimum atomic E-state index is -4.16. The second-order valence-electron chi connectivity index (χ2n) is 5.36. The summed E-state index contributed by atoms with van der Waals surface area (Å²) < 4.78 is 43.1. The molecule has 1 N–H and O–H groups in total. The molecule has 0 atom stereocenters. The van der Waals surface area contributed by atoms with Gasteiger partial charge in [-0.3, -0.25) is 0 Å². The number of benzene rings is 1. The highest BCUT2D eigenvalue weighted by molar-refractivity contribution is 5.50. The summed E-state index contributed by atoms with van der Waals surface area (Å²) >= 11 is 0. The first-order valence-electron chi connectivity index (χ1n) is 6.79. The highest BCUT2D eigenvalue weighted by Crippen LogP contribution is 2.42. The Bertz CT molecular complexity index is 511. The molecule has 0 heterocycles. The molecule has 6 heteroatoms. The fourth-order valence-corrected chi connectivity index (χ4v) is 2.65. The number of nitriles is 1. The summed E-state index contributed by atoms with van der Waals surface area (Å²) in [5, 5.41) is 12.5. The third kappa shape index (κ3) is 3.60. The van der Waals surface area contributed by atoms with E-state index in [0.29, 0.717) is 11.4 Å². The van der Waals surface area contributed by atoms with Gasteiger partial charge in [-0.15, -0.1) is 0 Å². The lowest BCUT2D eigenvalue weighted by atomic mass is 9.77. The smallest absolute Gasteiger partial charge is 0.391 e. The summed E-state index contributed by atoms with van der Waals surface area (Å²) in [4.78, 5) is 0. The number of alkyl halides is 3. The van der Waals surface area contributed by atoms with E-state index >= 15 is 0 Å². The first-order valence-corrected chi connectivity index (χ1v) is 6.79. The molecule has 1 aromatic rings. The number of rotatable bonds is 3. The van der Waals surface area contributed by atoms with Gasteiger partial charge in [0, 0.05) is 5.69 Å². The summed E-state index contributed by atoms with van der Waals surface area (Å²) in [6.45, 7) is 0. The zero-order chi connectivity index (χ0) is 15.5. The Morgan fingerprint density at radius 1 is 1.24 bits per heavy atom. The van der Waals surface area contributed by atoms with Crippen molar-refractivity contribution in [2.45, 2.75) is 37.4 Å². The number of hydrogen-bond acceptors (Lipinski definition) is 3. The van der Waals surface area contributed by atoms with Crippen molar-refractivity contribution in [1.29, 1.82) is 5.26 Å². The Balaban J connectivity index is 2.05. The second kappa shape index (κ2) is 5.84. The fraction of sp³-hybridized carbons (Fsp3) is 0.533. The van der Waals surface area contributed by atoms with E-state index in [-0.39, 0.29) is 25.7 Å². The Kier molecular flexibility index (Phi) is 4.31. The van der Waals surface area contributed by atoms with E-state index < -0.39 is 17.6 Å². The molecule has 1 aliphatic carbocycles. The Morgan fingerprint density at radius 2 is 1.81 bits per heavy atom. The van der Waals surface area contributed by atoms with Crippen molar-refractivity contribution in [1.82, 2.24) is 0 Å². The molecule has 1 saturated carbocycles. The van der Waals surface area contributed by atoms with Gasteiger partial charge in [0.05, 0.1) is 19.1 Å². The summed E-state index contributed by atoms with van der Waals surface area (Å²) in [7, 11) is 1.55. The molecule has 21 heavy (non-hydrogen) atoms. The van der Waals surface area contributed by atoms with Crippen LogP contribution in [0.15, 0.2) is 24.3 Å². The first kappa shape index (κ1) is 15.5. The predicted octanol–water partition coefficient (Wildman–Crippen LogP) is 4.12. The van der Waals surface area contributed by atoms with Gasteiger partial charge in [-0.25, -0.2) is 0 Å². The normalized spacial score (nSPS) is 26.0. The lowest BCUT2D eigenvalue weighted by Gasteiger charge is -2.36. The molecule has 2 rings (SSSR count). The van der Waals surface area contributed by atoms with Crippen LogP contribution in [-0.2, 0) is 0 Å². The molecule has 3 nitrogen and oxygen atoms in total. The second-order valence-corrected chi connectivity index (χ2v) is 5.36. The summed E-state index contributed by atoms with van der Waals surface area (Å²) in [5.74, 6) is -0.607. The highest BCUT2D eigenvalue weighted by Gasteiger charge is 2.46. The number of methoxy groups -OCH3 is 1. The van der Waals surface area contributed by atoms with Crippen LogP contribution in [0.5, 0.6) is 5.75 Å². The van der Waals surface area contributed by atoms with E-state index in [2.05, 4.69) is 11.4 Å². The third-order valence-electron chi connectivity index (χ3n) is 3.99. The molecule has 114 valence electrons. The minimum absolute atomic E-state index is 0.0137. The van der Waals surface area contributed by atoms with Crippen LogP contribution in [0, 0.1) is 17.2 Å². The van der Waals surface area contributed by atoms with E-state index in [1.54, 1.807) is 31.4 Å². The van der Waals surface area contributed by atoms with Gasteiger partial charge in [0.2, 0.25) is 0 Å². The molecule has 0 aliphatic heterocycles. The van der Waals surface area contributed by atoms with Crippen LogP contribution in [0.4, 0.5) is 18.9 Å². The lowest BCUT2D eigenvalue weighted by Crippen LogP contribution is -2.43. The number of hydrogen-bond donors (Lipinski definition) is 1. The van der Waals surface area contributed by atoms with Crippen molar-refractivity contribution >= 4 is 5.69 Å². The fourth-order valence-electron chi connectivity index (χ4n) is 2.65. The van der Waals surface area contributed by atoms with Crippen LogP contribution in [-0.4, -0.2) is 18.8 Å². The molecule has 0 aromatic heterocycles. The van der Waals surface area contributed by atoms with Crippen molar-refractivity contribution < 1.29 is 17.9 Å². The Labute approximate surface area is 121 Å². The molecule has 0 unspecified atom stereocenters. The molecule has 0 spiro atoms. The number of nitrogens with one attached hydrogen (secondary N) is 1. The predicted molar refractivity (Wildman–Crippen MR) is 73.0 cm³/mol. The van der Waals surface area contributed by atoms with Gasteiger partial charge in [0.1, 0.15) is 11.3 Å². The number of halogens is 3. The van der Waals surface area contributed by atoms with Gasteiger partial charge in [-0.2, -0.15) is 18.4 Å². The molecule has 1 aliphatic rings. The van der Waals surface area contributed by atoms with Crippen LogP contribution in [0.1, 0.15) is 25.7 Å². The van der Waals surface area contributed by atoms with Crippen molar-refractivity contribution in [2.24, 2.45) is 5.92 Å². The van der Waals surface area contributed by atoms with Crippen LogP contribution in [0.2, 0.25) is 0 Å². The molecule has 0 amide bonds. The topological polar surface area (TPSA) is 45.0 Å². The Hall–Kier alpha value is -1.90. The lowest BCUT2D eigenvalue weighted by molar-refractivity contribution is -0.183. The average molecular weight is 298 g/mol. The number of nitrogens with zero attached hydrogens (tertiary/aromatic N) is 1. The van der Waals surface area contributed by atoms with Gasteiger partial charge in [-0.1, -0.05) is 0 Å². The number of anilines is 1. The summed E-state index contributed by atoms with van der Waals surface area (Å²) in [6, 6.07) is 9.16. The largest absolute Gasteiger partial charge is 0.497 e. The van der Waals surface area contributed by atoms with E-state index in [0.717, 1.165) is 0 Å². The van der Waals surface area contributed by atoms with Crippen LogP contribution >= 0.6 is 0 Å². The molecule has 0 bridgehead atoms. The van der Waals surface area contributed by atoms with Crippen molar-refractivity contribution in [3.05, 3.63) is 24.3 Å². The van der Waals surface area contributed by atoms with Crippen molar-refractivity contribution in [3.8, 4) is 11.8 Å². The molecule has 0 saturated heterocycles. The van der Waals surface area contributed by atoms with Crippen LogP contribution < -0.4 is 10.1 Å². The molecule has 0 radical (unpaired) electrons. The summed E-state index contributed by atoms with van der Waals surface area (Å²) in [6.07, 6.45) is -3.80. The first-order chi connectivity index (χ1) is 9.88. The van der Waals surface area contributed by atoms with Crippen molar-refractivity contribution in [3.63, 3.8) is 0 Å². The van der Waals surface area contributed by atoms with E-state index in [1.807, 2.05) is 0 Å². The maximum absolute atomic E-state index is 12.7. The van der Waals surface area contributed by atoms with Gasteiger partial charge in [0.25, 0.3) is 0 Å². The molecule has 1 aromatic carbocycles. The van der Waals surface area contributed by atoms with Crippen LogP contribution in [0.25, 0.3) is 0 Å². The molecular formula is C15H17F3N2O. The maximum Gasteiger partial charge on any atom is 0.391 e. The van der Waals surface area contributed by atoms with Gasteiger partial charge in [0.15, 0.2) is 0 Å². The SMILES string of the molecule is COc1ccc(NC2(C#N)CCC(C(F)(F)F)CC2)cc1. The maximum atomic E-state index is 12.7.